The molecule has 0 N–H and O–H groups in total. The second kappa shape index (κ2) is 2.96. The van der Waals surface area contributed by atoms with Crippen LogP contribution in [0.25, 0.3) is 4.48 Å². The summed E-state index contributed by atoms with van der Waals surface area (Å²) in [4.78, 5) is 1.90. The third kappa shape index (κ3) is 1.25. The molecule has 1 aromatic rings. The maximum absolute atomic E-state index is 4.27. The minimum absolute atomic E-state index is 0.308. The van der Waals surface area contributed by atoms with Crippen LogP contribution in [0.4, 0.5) is 0 Å². The van der Waals surface area contributed by atoms with E-state index in [4.69, 9.17) is 0 Å². The fourth-order valence-electron chi connectivity index (χ4n) is 1.22. The number of nitrogens with zero attached hydrogens (tertiary/aromatic N) is 3. The Morgan fingerprint density at radius 2 is 2.33 bits per heavy atom. The lowest BCUT2D eigenvalue weighted by Gasteiger charge is -2.10. The highest BCUT2D eigenvalue weighted by Gasteiger charge is 2.23. The predicted octanol–water partition coefficient (Wildman–Crippen LogP) is 2.39. The monoisotopic (exact) mass is 291 g/mol. The van der Waals surface area contributed by atoms with Gasteiger partial charge >= 0.3 is 0 Å². The van der Waals surface area contributed by atoms with Gasteiger partial charge in [-0.25, -0.2) is 0 Å². The first-order valence-corrected chi connectivity index (χ1v) is 5.30. The molecule has 1 aromatic heterocycles. The van der Waals surface area contributed by atoms with E-state index < -0.39 is 0 Å². The average Bonchev–Trinajstić information content (AvgIpc) is 2.41. The number of alkyl halides is 1. The lowest BCUT2D eigenvalue weighted by molar-refractivity contribution is 0.644. The van der Waals surface area contributed by atoms with Gasteiger partial charge in [0.15, 0.2) is 0 Å². The molecule has 1 aliphatic rings. The molecule has 1 unspecified atom stereocenters. The SMILES string of the molecule is Cn1nc2c(n1)C(Br)CC=C2Br. The minimum Gasteiger partial charge on any atom is -0.187 e. The Balaban J connectivity index is 2.57. The van der Waals surface area contributed by atoms with Gasteiger partial charge in [0.2, 0.25) is 0 Å². The van der Waals surface area contributed by atoms with Crippen molar-refractivity contribution in [2.45, 2.75) is 11.2 Å². The maximum atomic E-state index is 4.27. The third-order valence-electron chi connectivity index (χ3n) is 1.77. The zero-order chi connectivity index (χ0) is 8.72. The number of hydrogen-bond donors (Lipinski definition) is 0. The van der Waals surface area contributed by atoms with Gasteiger partial charge in [-0.05, 0) is 22.4 Å². The molecule has 5 heteroatoms. The molecule has 0 spiro atoms. The largest absolute Gasteiger partial charge is 0.187 e. The van der Waals surface area contributed by atoms with Crippen LogP contribution in [-0.4, -0.2) is 15.0 Å². The van der Waals surface area contributed by atoms with Crippen molar-refractivity contribution >= 4 is 36.3 Å². The van der Waals surface area contributed by atoms with Crippen LogP contribution in [0.3, 0.4) is 0 Å². The van der Waals surface area contributed by atoms with E-state index >= 15 is 0 Å². The Labute approximate surface area is 87.1 Å². The van der Waals surface area contributed by atoms with Crippen molar-refractivity contribution in [3.05, 3.63) is 17.5 Å². The van der Waals surface area contributed by atoms with Gasteiger partial charge in [0.25, 0.3) is 0 Å². The van der Waals surface area contributed by atoms with E-state index in [1.54, 1.807) is 4.80 Å². The van der Waals surface area contributed by atoms with Gasteiger partial charge in [-0.1, -0.05) is 22.0 Å². The highest BCUT2D eigenvalue weighted by Crippen LogP contribution is 2.37. The molecule has 0 radical (unpaired) electrons. The molecule has 1 aliphatic carbocycles. The Morgan fingerprint density at radius 3 is 3.00 bits per heavy atom. The molecule has 0 saturated heterocycles. The fraction of sp³-hybridized carbons (Fsp3) is 0.429. The van der Waals surface area contributed by atoms with E-state index in [1.165, 1.54) is 0 Å². The number of hydrogen-bond acceptors (Lipinski definition) is 2. The van der Waals surface area contributed by atoms with Crippen molar-refractivity contribution in [1.29, 1.82) is 0 Å². The van der Waals surface area contributed by atoms with Gasteiger partial charge in [-0.2, -0.15) is 15.0 Å². The molecule has 0 aliphatic heterocycles. The fourth-order valence-corrected chi connectivity index (χ4v) is 2.18. The van der Waals surface area contributed by atoms with Crippen LogP contribution >= 0.6 is 31.9 Å². The Morgan fingerprint density at radius 1 is 1.58 bits per heavy atom. The maximum Gasteiger partial charge on any atom is 0.124 e. The highest BCUT2D eigenvalue weighted by molar-refractivity contribution is 9.15. The Kier molecular flexibility index (Phi) is 2.08. The van der Waals surface area contributed by atoms with Crippen LogP contribution in [0.2, 0.25) is 0 Å². The first kappa shape index (κ1) is 8.44. The molecule has 1 heterocycles. The molecule has 0 amide bonds. The van der Waals surface area contributed by atoms with Crippen LogP contribution in [0.1, 0.15) is 22.6 Å². The van der Waals surface area contributed by atoms with Gasteiger partial charge in [-0.3, -0.25) is 0 Å². The normalized spacial score (nSPS) is 21.9. The number of allylic oxidation sites excluding steroid dienone is 1. The van der Waals surface area contributed by atoms with E-state index in [2.05, 4.69) is 48.1 Å². The average molecular weight is 293 g/mol. The van der Waals surface area contributed by atoms with Gasteiger partial charge in [-0.15, -0.1) is 0 Å². The summed E-state index contributed by atoms with van der Waals surface area (Å²) >= 11 is 7.00. The van der Waals surface area contributed by atoms with Crippen LogP contribution in [0, 0.1) is 0 Å². The second-order valence-electron chi connectivity index (χ2n) is 2.68. The summed E-state index contributed by atoms with van der Waals surface area (Å²) in [6, 6.07) is 0. The summed E-state index contributed by atoms with van der Waals surface area (Å²) in [6.07, 6.45) is 3.07. The topological polar surface area (TPSA) is 30.7 Å². The van der Waals surface area contributed by atoms with E-state index in [0.29, 0.717) is 4.83 Å². The molecule has 1 atom stereocenters. The quantitative estimate of drug-likeness (QED) is 0.688. The smallest absolute Gasteiger partial charge is 0.124 e. The number of aryl methyl sites for hydroxylation is 1. The van der Waals surface area contributed by atoms with Crippen molar-refractivity contribution in [3.8, 4) is 0 Å². The van der Waals surface area contributed by atoms with E-state index in [-0.39, 0.29) is 0 Å². The molecule has 64 valence electrons. The zero-order valence-electron chi connectivity index (χ0n) is 6.46. The standard InChI is InChI=1S/C7H7Br2N3/c1-12-10-6-4(8)2-3-5(9)7(6)11-12/h2,5H,3H2,1H3. The van der Waals surface area contributed by atoms with Crippen molar-refractivity contribution in [2.24, 2.45) is 7.05 Å². The molecule has 12 heavy (non-hydrogen) atoms. The van der Waals surface area contributed by atoms with E-state index in [0.717, 1.165) is 22.3 Å². The molecule has 0 bridgehead atoms. The molecule has 0 saturated carbocycles. The lowest BCUT2D eigenvalue weighted by Crippen LogP contribution is -1.98. The zero-order valence-corrected chi connectivity index (χ0v) is 9.63. The summed E-state index contributed by atoms with van der Waals surface area (Å²) in [5.41, 5.74) is 1.97. The van der Waals surface area contributed by atoms with Crippen LogP contribution in [-0.2, 0) is 7.05 Å². The van der Waals surface area contributed by atoms with Crippen molar-refractivity contribution in [1.82, 2.24) is 15.0 Å². The Hall–Kier alpha value is -0.160. The predicted molar refractivity (Wildman–Crippen MR) is 54.2 cm³/mol. The van der Waals surface area contributed by atoms with Gasteiger partial charge in [0, 0.05) is 11.5 Å². The molecule has 0 aromatic carbocycles. The first-order chi connectivity index (χ1) is 5.68. The summed E-state index contributed by atoms with van der Waals surface area (Å²) in [6.45, 7) is 0. The summed E-state index contributed by atoms with van der Waals surface area (Å²) < 4.78 is 1.04. The molecular formula is C7H7Br2N3. The summed E-state index contributed by atoms with van der Waals surface area (Å²) in [5, 5.41) is 8.51. The summed E-state index contributed by atoms with van der Waals surface area (Å²) in [5.74, 6) is 0. The lowest BCUT2D eigenvalue weighted by atomic mass is 10.1. The minimum atomic E-state index is 0.308. The summed E-state index contributed by atoms with van der Waals surface area (Å²) in [7, 11) is 1.83. The first-order valence-electron chi connectivity index (χ1n) is 3.60. The van der Waals surface area contributed by atoms with Gasteiger partial charge in [0.1, 0.15) is 11.4 Å². The number of halogens is 2. The number of fused-ring (bicyclic) bond motifs is 1. The van der Waals surface area contributed by atoms with Gasteiger partial charge < -0.3 is 0 Å². The van der Waals surface area contributed by atoms with Crippen LogP contribution < -0.4 is 0 Å². The van der Waals surface area contributed by atoms with E-state index in [1.807, 2.05) is 7.05 Å². The Bertz CT molecular complexity index is 342. The highest BCUT2D eigenvalue weighted by atomic mass is 79.9. The van der Waals surface area contributed by atoms with Gasteiger partial charge in [0.05, 0.1) is 4.83 Å². The number of rotatable bonds is 0. The van der Waals surface area contributed by atoms with Crippen molar-refractivity contribution < 1.29 is 0 Å². The van der Waals surface area contributed by atoms with E-state index in [9.17, 15) is 0 Å². The molecular weight excluding hydrogens is 286 g/mol. The molecule has 3 nitrogen and oxygen atoms in total. The van der Waals surface area contributed by atoms with Crippen LogP contribution in [0.5, 0.6) is 0 Å². The van der Waals surface area contributed by atoms with Crippen LogP contribution in [0.15, 0.2) is 6.08 Å². The third-order valence-corrected chi connectivity index (χ3v) is 3.27. The van der Waals surface area contributed by atoms with Crippen molar-refractivity contribution in [3.63, 3.8) is 0 Å². The number of aromatic nitrogens is 3. The van der Waals surface area contributed by atoms with Crippen molar-refractivity contribution in [2.75, 3.05) is 0 Å². The molecule has 0 fully saturated rings. The second-order valence-corrected chi connectivity index (χ2v) is 4.64. The molecule has 2 rings (SSSR count).